The smallest absolute Gasteiger partial charge is 0.298 e. The van der Waals surface area contributed by atoms with Crippen LogP contribution in [-0.2, 0) is 25.0 Å². The summed E-state index contributed by atoms with van der Waals surface area (Å²) in [5.74, 6) is -0.173. The van der Waals surface area contributed by atoms with Gasteiger partial charge in [0.05, 0.1) is 25.6 Å². The molecule has 14 heteroatoms. The third-order valence-corrected chi connectivity index (χ3v) is 5.20. The van der Waals surface area contributed by atoms with Gasteiger partial charge in [0.25, 0.3) is 20.2 Å². The molecule has 0 saturated heterocycles. The highest BCUT2D eigenvalue weighted by atomic mass is 32.2. The summed E-state index contributed by atoms with van der Waals surface area (Å²) >= 11 is 0. The van der Waals surface area contributed by atoms with Crippen molar-refractivity contribution in [1.82, 2.24) is 0 Å². The van der Waals surface area contributed by atoms with Crippen LogP contribution in [0, 0.1) is 0 Å². The van der Waals surface area contributed by atoms with Gasteiger partial charge in [0.2, 0.25) is 5.91 Å². The van der Waals surface area contributed by atoms with Crippen molar-refractivity contribution in [3.63, 3.8) is 0 Å². The molecule has 0 aliphatic rings. The summed E-state index contributed by atoms with van der Waals surface area (Å²) in [6.07, 6.45) is 0. The van der Waals surface area contributed by atoms with E-state index in [1.165, 1.54) is 39.3 Å². The highest BCUT2D eigenvalue weighted by molar-refractivity contribution is 7.86. The molecular weight excluding hydrogens is 442 g/mol. The Morgan fingerprint density at radius 1 is 0.867 bits per heavy atom. The molecule has 0 saturated carbocycles. The number of nitrogens with one attached hydrogen (secondary N) is 1. The van der Waals surface area contributed by atoms with E-state index in [0.717, 1.165) is 12.1 Å². The number of benzene rings is 2. The van der Waals surface area contributed by atoms with Crippen LogP contribution < -0.4 is 26.3 Å². The number of anilines is 3. The predicted octanol–water partition coefficient (Wildman–Crippen LogP) is 1.01. The largest absolute Gasteiger partial charge is 0.495 e. The molecule has 0 aromatic heterocycles. The molecule has 30 heavy (non-hydrogen) atoms. The highest BCUT2D eigenvalue weighted by Crippen LogP contribution is 2.33. The van der Waals surface area contributed by atoms with E-state index in [4.69, 9.17) is 30.0 Å². The number of methoxy groups -OCH3 is 2. The fourth-order valence-electron chi connectivity index (χ4n) is 2.16. The number of carbonyl (C=O) groups excluding carboxylic acids is 1. The van der Waals surface area contributed by atoms with Gasteiger partial charge in [0.15, 0.2) is 0 Å². The molecule has 0 aliphatic heterocycles. The molecule has 0 spiro atoms. The van der Waals surface area contributed by atoms with E-state index in [9.17, 15) is 21.6 Å². The fourth-order valence-corrected chi connectivity index (χ4v) is 3.41. The van der Waals surface area contributed by atoms with Gasteiger partial charge in [-0.2, -0.15) is 16.8 Å². The van der Waals surface area contributed by atoms with Crippen molar-refractivity contribution in [2.75, 3.05) is 31.0 Å². The normalized spacial score (nSPS) is 11.1. The monoisotopic (exact) mass is 463 g/mol. The maximum absolute atomic E-state index is 11.0. The van der Waals surface area contributed by atoms with E-state index in [-0.39, 0.29) is 38.6 Å². The lowest BCUT2D eigenvalue weighted by atomic mass is 10.3. The van der Waals surface area contributed by atoms with Crippen LogP contribution in [-0.4, -0.2) is 46.1 Å². The third-order valence-electron chi connectivity index (χ3n) is 3.40. The minimum absolute atomic E-state index is 0.0317. The van der Waals surface area contributed by atoms with Crippen LogP contribution in [0.15, 0.2) is 40.1 Å². The van der Waals surface area contributed by atoms with E-state index in [2.05, 4.69) is 5.32 Å². The van der Waals surface area contributed by atoms with Crippen molar-refractivity contribution >= 4 is 43.2 Å². The van der Waals surface area contributed by atoms with Crippen molar-refractivity contribution in [2.24, 2.45) is 0 Å². The van der Waals surface area contributed by atoms with Crippen LogP contribution in [0.2, 0.25) is 0 Å². The molecule has 166 valence electrons. The third kappa shape index (κ3) is 6.77. The van der Waals surface area contributed by atoms with Crippen LogP contribution in [0.1, 0.15) is 6.92 Å². The minimum Gasteiger partial charge on any atom is -0.495 e. The summed E-state index contributed by atoms with van der Waals surface area (Å²) < 4.78 is 70.8. The first kappa shape index (κ1) is 25.0. The number of amides is 1. The van der Waals surface area contributed by atoms with Gasteiger partial charge in [0.1, 0.15) is 21.3 Å². The Bertz CT molecular complexity index is 1150. The Kier molecular flexibility index (Phi) is 8.01. The second-order valence-corrected chi connectivity index (χ2v) is 8.41. The lowest BCUT2D eigenvalue weighted by molar-refractivity contribution is -0.114. The van der Waals surface area contributed by atoms with Crippen LogP contribution in [0.3, 0.4) is 0 Å². The zero-order chi connectivity index (χ0) is 23.3. The quantitative estimate of drug-likeness (QED) is 0.312. The highest BCUT2D eigenvalue weighted by Gasteiger charge is 2.19. The molecular formula is C16H21N3O9S2. The van der Waals surface area contributed by atoms with E-state index in [0.29, 0.717) is 5.69 Å². The zero-order valence-electron chi connectivity index (χ0n) is 16.1. The lowest BCUT2D eigenvalue weighted by Gasteiger charge is -2.10. The summed E-state index contributed by atoms with van der Waals surface area (Å²) in [6, 6.07) is 6.08. The summed E-state index contributed by atoms with van der Waals surface area (Å²) in [7, 11) is -6.06. The zero-order valence-corrected chi connectivity index (χ0v) is 17.7. The van der Waals surface area contributed by atoms with Gasteiger partial charge >= 0.3 is 0 Å². The van der Waals surface area contributed by atoms with Crippen LogP contribution in [0.5, 0.6) is 11.5 Å². The van der Waals surface area contributed by atoms with Gasteiger partial charge in [-0.3, -0.25) is 13.9 Å². The van der Waals surface area contributed by atoms with Gasteiger partial charge in [0, 0.05) is 24.7 Å². The summed E-state index contributed by atoms with van der Waals surface area (Å²) in [5, 5.41) is 2.43. The number of ether oxygens (including phenoxy) is 2. The maximum Gasteiger partial charge on any atom is 0.298 e. The molecule has 1 amide bonds. The first-order valence-electron chi connectivity index (χ1n) is 7.84. The number of nitrogen functional groups attached to an aromatic ring is 2. The molecule has 0 unspecified atom stereocenters. The summed E-state index contributed by atoms with van der Waals surface area (Å²) in [5.41, 5.74) is 11.4. The van der Waals surface area contributed by atoms with Crippen molar-refractivity contribution < 1.29 is 40.2 Å². The predicted molar refractivity (Wildman–Crippen MR) is 109 cm³/mol. The average molecular weight is 463 g/mol. The Morgan fingerprint density at radius 3 is 1.80 bits per heavy atom. The second-order valence-electron chi connectivity index (χ2n) is 5.63. The van der Waals surface area contributed by atoms with Crippen LogP contribution >= 0.6 is 0 Å². The maximum atomic E-state index is 11.0. The van der Waals surface area contributed by atoms with Gasteiger partial charge in [-0.1, -0.05) is 0 Å². The number of carbonyl (C=O) groups is 1. The molecule has 2 rings (SSSR count). The number of hydrogen-bond acceptors (Lipinski definition) is 9. The molecule has 2 aromatic carbocycles. The summed E-state index contributed by atoms with van der Waals surface area (Å²) in [6.45, 7) is 1.31. The lowest BCUT2D eigenvalue weighted by Crippen LogP contribution is -2.08. The van der Waals surface area contributed by atoms with E-state index >= 15 is 0 Å². The minimum atomic E-state index is -4.36. The molecule has 0 aliphatic carbocycles. The molecule has 0 atom stereocenters. The van der Waals surface area contributed by atoms with Crippen LogP contribution in [0.25, 0.3) is 0 Å². The first-order chi connectivity index (χ1) is 13.7. The number of nitrogens with two attached hydrogens (primary N) is 2. The van der Waals surface area contributed by atoms with Crippen molar-refractivity contribution in [1.29, 1.82) is 0 Å². The van der Waals surface area contributed by atoms with E-state index < -0.39 is 20.2 Å². The molecule has 0 bridgehead atoms. The molecule has 0 fully saturated rings. The SMILES string of the molecule is CC(=O)Nc1ccc(S(=O)(=O)O)c(N)c1.COc1cc(S(=O)(=O)O)c(OC)cc1N. The first-order valence-corrected chi connectivity index (χ1v) is 10.7. The Hall–Kier alpha value is -3.07. The van der Waals surface area contributed by atoms with Crippen molar-refractivity contribution in [3.05, 3.63) is 30.3 Å². The van der Waals surface area contributed by atoms with Crippen molar-refractivity contribution in [2.45, 2.75) is 16.7 Å². The number of rotatable bonds is 5. The van der Waals surface area contributed by atoms with E-state index in [1.807, 2.05) is 0 Å². The fraction of sp³-hybridized carbons (Fsp3) is 0.188. The number of hydrogen-bond donors (Lipinski definition) is 5. The standard InChI is InChI=1S/C8H10N2O4S.C8H11NO5S/c1-5(11)10-6-2-3-8(7(9)4-6)15(12,13)14;1-13-6-4-8(15(10,11)12)7(14-2)3-5(6)9/h2-4H,9H2,1H3,(H,10,11)(H,12,13,14);3-4H,9H2,1-2H3,(H,10,11,12). The van der Waals surface area contributed by atoms with Gasteiger partial charge in [-0.25, -0.2) is 0 Å². The van der Waals surface area contributed by atoms with E-state index in [1.54, 1.807) is 0 Å². The Labute approximate surface area is 173 Å². The molecule has 0 heterocycles. The topological polar surface area (TPSA) is 208 Å². The van der Waals surface area contributed by atoms with Gasteiger partial charge in [-0.05, 0) is 18.2 Å². The van der Waals surface area contributed by atoms with Crippen molar-refractivity contribution in [3.8, 4) is 11.5 Å². The average Bonchev–Trinajstić information content (AvgIpc) is 2.59. The van der Waals surface area contributed by atoms with Gasteiger partial charge in [-0.15, -0.1) is 0 Å². The molecule has 2 aromatic rings. The summed E-state index contributed by atoms with van der Waals surface area (Å²) in [4.78, 5) is 9.93. The molecule has 12 nitrogen and oxygen atoms in total. The Morgan fingerprint density at radius 2 is 1.40 bits per heavy atom. The Balaban J connectivity index is 0.000000300. The molecule has 0 radical (unpaired) electrons. The van der Waals surface area contributed by atoms with Gasteiger partial charge < -0.3 is 26.3 Å². The van der Waals surface area contributed by atoms with Crippen LogP contribution in [0.4, 0.5) is 17.1 Å². The second kappa shape index (κ2) is 9.62. The molecule has 7 N–H and O–H groups in total.